The Hall–Kier alpha value is -0.990. The third kappa shape index (κ3) is 5.19. The van der Waals surface area contributed by atoms with E-state index < -0.39 is 0 Å². The number of hydrogen-bond donors (Lipinski definition) is 3. The van der Waals surface area contributed by atoms with Gasteiger partial charge in [-0.25, -0.2) is 0 Å². The Labute approximate surface area is 102 Å². The van der Waals surface area contributed by atoms with Crippen LogP contribution in [0.1, 0.15) is 6.42 Å². The summed E-state index contributed by atoms with van der Waals surface area (Å²) in [6, 6.07) is 0. The molecule has 1 aromatic heterocycles. The Morgan fingerprint density at radius 2 is 2.44 bits per heavy atom. The summed E-state index contributed by atoms with van der Waals surface area (Å²) in [7, 11) is 1.60. The quantitative estimate of drug-likeness (QED) is 0.499. The normalized spacial score (nSPS) is 10.1. The largest absolute Gasteiger partial charge is 0.383 e. The van der Waals surface area contributed by atoms with Crippen LogP contribution in [0.4, 0.5) is 5.13 Å². The standard InChI is InChI=1S/C8H14N4O2S2/c1-14-5-4-9-6(13)2-3-10-7-11-12-8(15)16-7/h2-5H2,1H3,(H,9,13)(H,10,11)(H,12,15). The van der Waals surface area contributed by atoms with E-state index in [9.17, 15) is 4.79 Å². The molecule has 0 aliphatic carbocycles. The van der Waals surface area contributed by atoms with E-state index in [1.165, 1.54) is 11.3 Å². The van der Waals surface area contributed by atoms with E-state index in [0.717, 1.165) is 0 Å². The highest BCUT2D eigenvalue weighted by Crippen LogP contribution is 2.09. The number of aromatic amines is 1. The van der Waals surface area contributed by atoms with Gasteiger partial charge < -0.3 is 15.4 Å². The first-order chi connectivity index (χ1) is 7.72. The summed E-state index contributed by atoms with van der Waals surface area (Å²) < 4.78 is 5.43. The number of nitrogens with zero attached hydrogens (tertiary/aromatic N) is 1. The second-order valence-corrected chi connectivity index (χ2v) is 4.60. The van der Waals surface area contributed by atoms with Crippen LogP contribution in [0.2, 0.25) is 0 Å². The van der Waals surface area contributed by atoms with Crippen LogP contribution in [0.5, 0.6) is 0 Å². The van der Waals surface area contributed by atoms with Crippen molar-refractivity contribution in [3.63, 3.8) is 0 Å². The van der Waals surface area contributed by atoms with Gasteiger partial charge in [-0.05, 0) is 12.2 Å². The Morgan fingerprint density at radius 3 is 3.06 bits per heavy atom. The molecule has 1 aromatic rings. The average Bonchev–Trinajstić information content (AvgIpc) is 2.65. The maximum Gasteiger partial charge on any atom is 0.221 e. The molecule has 0 radical (unpaired) electrons. The van der Waals surface area contributed by atoms with Gasteiger partial charge in [0, 0.05) is 26.6 Å². The summed E-state index contributed by atoms with van der Waals surface area (Å²) in [5.41, 5.74) is 0. The highest BCUT2D eigenvalue weighted by molar-refractivity contribution is 7.73. The van der Waals surface area contributed by atoms with Crippen molar-refractivity contribution in [2.45, 2.75) is 6.42 Å². The van der Waals surface area contributed by atoms with Gasteiger partial charge in [0.15, 0.2) is 3.95 Å². The lowest BCUT2D eigenvalue weighted by Crippen LogP contribution is -2.28. The van der Waals surface area contributed by atoms with Crippen molar-refractivity contribution in [1.82, 2.24) is 15.5 Å². The van der Waals surface area contributed by atoms with Gasteiger partial charge in [-0.1, -0.05) is 11.3 Å². The zero-order chi connectivity index (χ0) is 11.8. The fourth-order valence-electron chi connectivity index (χ4n) is 0.969. The van der Waals surface area contributed by atoms with Crippen LogP contribution in [0.3, 0.4) is 0 Å². The second kappa shape index (κ2) is 7.31. The van der Waals surface area contributed by atoms with Crippen LogP contribution in [0.25, 0.3) is 0 Å². The SMILES string of the molecule is COCCNC(=O)CCNc1n[nH]c(=S)s1. The first kappa shape index (κ1) is 13.1. The van der Waals surface area contributed by atoms with Gasteiger partial charge in [0.2, 0.25) is 11.0 Å². The molecule has 1 amide bonds. The van der Waals surface area contributed by atoms with Crippen molar-refractivity contribution >= 4 is 34.6 Å². The minimum atomic E-state index is -0.0105. The molecule has 8 heteroatoms. The molecule has 0 saturated carbocycles. The molecule has 0 aromatic carbocycles. The molecule has 1 heterocycles. The van der Waals surface area contributed by atoms with E-state index in [1.54, 1.807) is 7.11 Å². The molecule has 0 bridgehead atoms. The lowest BCUT2D eigenvalue weighted by atomic mass is 10.4. The van der Waals surface area contributed by atoms with Gasteiger partial charge >= 0.3 is 0 Å². The third-order valence-electron chi connectivity index (χ3n) is 1.69. The van der Waals surface area contributed by atoms with Gasteiger partial charge in [-0.15, -0.1) is 5.10 Å². The fourth-order valence-corrected chi connectivity index (χ4v) is 1.78. The van der Waals surface area contributed by atoms with Crippen LogP contribution < -0.4 is 10.6 Å². The van der Waals surface area contributed by atoms with Gasteiger partial charge in [0.1, 0.15) is 0 Å². The molecule has 0 aliphatic rings. The Morgan fingerprint density at radius 1 is 1.62 bits per heavy atom. The lowest BCUT2D eigenvalue weighted by Gasteiger charge is -2.04. The molecule has 0 spiro atoms. The molecule has 6 nitrogen and oxygen atoms in total. The zero-order valence-electron chi connectivity index (χ0n) is 8.91. The van der Waals surface area contributed by atoms with E-state index in [2.05, 4.69) is 20.8 Å². The van der Waals surface area contributed by atoms with Crippen LogP contribution in [-0.2, 0) is 9.53 Å². The van der Waals surface area contributed by atoms with E-state index in [0.29, 0.717) is 35.2 Å². The predicted molar refractivity (Wildman–Crippen MR) is 65.3 cm³/mol. The molecule has 0 atom stereocenters. The third-order valence-corrected chi connectivity index (χ3v) is 2.74. The zero-order valence-corrected chi connectivity index (χ0v) is 10.5. The number of ether oxygens (including phenoxy) is 1. The molecule has 0 unspecified atom stereocenters. The molecule has 0 fully saturated rings. The fraction of sp³-hybridized carbons (Fsp3) is 0.625. The Kier molecular flexibility index (Phi) is 5.98. The topological polar surface area (TPSA) is 79.0 Å². The maximum atomic E-state index is 11.3. The van der Waals surface area contributed by atoms with Crippen LogP contribution >= 0.6 is 23.6 Å². The first-order valence-corrected chi connectivity index (χ1v) is 6.00. The molecular formula is C8H14N4O2S2. The highest BCUT2D eigenvalue weighted by Gasteiger charge is 2.01. The van der Waals surface area contributed by atoms with Gasteiger partial charge in [-0.2, -0.15) is 0 Å². The van der Waals surface area contributed by atoms with Crippen molar-refractivity contribution in [2.24, 2.45) is 0 Å². The minimum Gasteiger partial charge on any atom is -0.383 e. The molecular weight excluding hydrogens is 248 g/mol. The van der Waals surface area contributed by atoms with Crippen LogP contribution in [0.15, 0.2) is 0 Å². The number of aromatic nitrogens is 2. The molecule has 3 N–H and O–H groups in total. The monoisotopic (exact) mass is 262 g/mol. The van der Waals surface area contributed by atoms with Crippen molar-refractivity contribution in [1.29, 1.82) is 0 Å². The number of anilines is 1. The summed E-state index contributed by atoms with van der Waals surface area (Å²) in [6.45, 7) is 1.60. The summed E-state index contributed by atoms with van der Waals surface area (Å²) in [6.07, 6.45) is 0.399. The van der Waals surface area contributed by atoms with E-state index in [4.69, 9.17) is 17.0 Å². The second-order valence-electron chi connectivity index (χ2n) is 2.94. The maximum absolute atomic E-state index is 11.3. The van der Waals surface area contributed by atoms with Gasteiger partial charge in [-0.3, -0.25) is 9.89 Å². The molecule has 0 saturated heterocycles. The highest BCUT2D eigenvalue weighted by atomic mass is 32.1. The van der Waals surface area contributed by atoms with Crippen LogP contribution in [0, 0.1) is 3.95 Å². The number of rotatable bonds is 7. The molecule has 16 heavy (non-hydrogen) atoms. The van der Waals surface area contributed by atoms with Crippen molar-refractivity contribution in [3.8, 4) is 0 Å². The van der Waals surface area contributed by atoms with Gasteiger partial charge in [0.25, 0.3) is 0 Å². The lowest BCUT2D eigenvalue weighted by molar-refractivity contribution is -0.121. The number of nitrogens with one attached hydrogen (secondary N) is 3. The minimum absolute atomic E-state index is 0.0105. The van der Waals surface area contributed by atoms with E-state index >= 15 is 0 Å². The smallest absolute Gasteiger partial charge is 0.221 e. The number of carbonyl (C=O) groups excluding carboxylic acids is 1. The number of methoxy groups -OCH3 is 1. The summed E-state index contributed by atoms with van der Waals surface area (Å²) >= 11 is 6.22. The predicted octanol–water partition coefficient (Wildman–Crippen LogP) is 0.765. The molecule has 0 aliphatic heterocycles. The number of hydrogen-bond acceptors (Lipinski definition) is 6. The molecule has 1 rings (SSSR count). The van der Waals surface area contributed by atoms with E-state index in [-0.39, 0.29) is 5.91 Å². The summed E-state index contributed by atoms with van der Waals surface area (Å²) in [5.74, 6) is -0.0105. The van der Waals surface area contributed by atoms with Crippen molar-refractivity contribution in [2.75, 3.05) is 32.1 Å². The summed E-state index contributed by atoms with van der Waals surface area (Å²) in [4.78, 5) is 11.3. The van der Waals surface area contributed by atoms with Crippen molar-refractivity contribution in [3.05, 3.63) is 3.95 Å². The number of amides is 1. The molecule has 90 valence electrons. The average molecular weight is 262 g/mol. The van der Waals surface area contributed by atoms with Crippen LogP contribution in [-0.4, -0.2) is 42.9 Å². The number of H-pyrrole nitrogens is 1. The first-order valence-electron chi connectivity index (χ1n) is 4.77. The van der Waals surface area contributed by atoms with Crippen molar-refractivity contribution < 1.29 is 9.53 Å². The number of carbonyl (C=O) groups is 1. The van der Waals surface area contributed by atoms with Gasteiger partial charge in [0.05, 0.1) is 6.61 Å². The van der Waals surface area contributed by atoms with E-state index in [1.807, 2.05) is 0 Å². The Balaban J connectivity index is 2.11. The summed E-state index contributed by atoms with van der Waals surface area (Å²) in [5, 5.41) is 13.0. The Bertz CT molecular complexity index is 376.